The summed E-state index contributed by atoms with van der Waals surface area (Å²) in [6, 6.07) is 7.70. The lowest BCUT2D eigenvalue weighted by atomic mass is 9.92. The van der Waals surface area contributed by atoms with E-state index in [0.717, 1.165) is 11.3 Å². The van der Waals surface area contributed by atoms with Crippen LogP contribution in [0.3, 0.4) is 0 Å². The van der Waals surface area contributed by atoms with Gasteiger partial charge in [-0.05, 0) is 50.6 Å². The number of methoxy groups -OCH3 is 1. The smallest absolute Gasteiger partial charge is 0.309 e. The Bertz CT molecular complexity index is 955. The first-order valence-corrected chi connectivity index (χ1v) is 11.6. The van der Waals surface area contributed by atoms with Crippen LogP contribution in [0.25, 0.3) is 0 Å². The topological polar surface area (TPSA) is 86.5 Å². The number of carbonyl (C=O) groups is 2. The molecule has 0 radical (unpaired) electrons. The molecule has 3 heterocycles. The molecule has 0 N–H and O–H groups in total. The molecule has 0 amide bonds. The van der Waals surface area contributed by atoms with Crippen molar-refractivity contribution in [2.45, 2.75) is 49.6 Å². The highest BCUT2D eigenvalue weighted by Gasteiger charge is 2.44. The number of aryl methyl sites for hydroxylation is 1. The number of benzene rings is 1. The summed E-state index contributed by atoms with van der Waals surface area (Å²) >= 11 is 1.47. The molecule has 0 spiro atoms. The Morgan fingerprint density at radius 1 is 1.29 bits per heavy atom. The zero-order valence-corrected chi connectivity index (χ0v) is 18.9. The standard InChI is InChI=1S/C22H28N4O4S/c1-4-17-23-22-26(24-17)20(27)19(31-22)18(15-7-6-8-16(13-15)29-3)25-11-9-14(10-12-25)21(28)30-5-2/h6-8,13-14,18-19H,4-5,9-12H2,1-3H3. The Kier molecular flexibility index (Phi) is 6.62. The lowest BCUT2D eigenvalue weighted by Crippen LogP contribution is -2.44. The Balaban J connectivity index is 1.60. The van der Waals surface area contributed by atoms with Gasteiger partial charge in [0.05, 0.1) is 25.7 Å². The first-order valence-electron chi connectivity index (χ1n) is 10.8. The number of hydrogen-bond donors (Lipinski definition) is 0. The summed E-state index contributed by atoms with van der Waals surface area (Å²) in [4.78, 5) is 32.3. The molecule has 2 unspecified atom stereocenters. The van der Waals surface area contributed by atoms with Crippen molar-refractivity contribution in [3.8, 4) is 5.75 Å². The number of ether oxygens (including phenoxy) is 2. The number of likely N-dealkylation sites (tertiary alicyclic amines) is 1. The molecule has 2 aromatic rings. The van der Waals surface area contributed by atoms with Crippen LogP contribution in [0, 0.1) is 5.92 Å². The Morgan fingerprint density at radius 3 is 2.71 bits per heavy atom. The van der Waals surface area contributed by atoms with E-state index in [4.69, 9.17) is 9.47 Å². The molecule has 0 saturated carbocycles. The average molecular weight is 445 g/mol. The molecule has 2 aliphatic heterocycles. The van der Waals surface area contributed by atoms with E-state index in [9.17, 15) is 9.59 Å². The molecule has 1 saturated heterocycles. The average Bonchev–Trinajstić information content (AvgIpc) is 3.34. The van der Waals surface area contributed by atoms with Gasteiger partial charge in [-0.2, -0.15) is 4.68 Å². The van der Waals surface area contributed by atoms with E-state index in [2.05, 4.69) is 15.0 Å². The molecule has 1 fully saturated rings. The van der Waals surface area contributed by atoms with Gasteiger partial charge >= 0.3 is 5.97 Å². The molecule has 166 valence electrons. The Morgan fingerprint density at radius 2 is 2.06 bits per heavy atom. The number of piperidine rings is 1. The summed E-state index contributed by atoms with van der Waals surface area (Å²) in [7, 11) is 1.64. The molecular formula is C22H28N4O4S. The van der Waals surface area contributed by atoms with E-state index in [0.29, 0.717) is 49.9 Å². The van der Waals surface area contributed by atoms with Crippen LogP contribution in [0.1, 0.15) is 48.9 Å². The molecule has 4 rings (SSSR count). The third kappa shape index (κ3) is 4.34. The van der Waals surface area contributed by atoms with Crippen LogP contribution in [0.2, 0.25) is 0 Å². The van der Waals surface area contributed by atoms with Crippen molar-refractivity contribution < 1.29 is 19.1 Å². The van der Waals surface area contributed by atoms with Gasteiger partial charge in [-0.1, -0.05) is 30.8 Å². The third-order valence-corrected chi connectivity index (χ3v) is 7.08. The zero-order valence-electron chi connectivity index (χ0n) is 18.1. The number of nitrogens with zero attached hydrogens (tertiary/aromatic N) is 4. The highest BCUT2D eigenvalue weighted by atomic mass is 32.2. The molecule has 2 atom stereocenters. The fourth-order valence-corrected chi connectivity index (χ4v) is 5.54. The number of carbonyl (C=O) groups excluding carboxylic acids is 2. The molecular weight excluding hydrogens is 416 g/mol. The van der Waals surface area contributed by atoms with E-state index in [1.807, 2.05) is 38.1 Å². The molecule has 9 heteroatoms. The SMILES string of the molecule is CCOC(=O)C1CCN(C(c2cccc(OC)c2)C2Sc3nc(CC)nn3C2=O)CC1. The second-order valence-electron chi connectivity index (χ2n) is 7.74. The quantitative estimate of drug-likeness (QED) is 0.603. The van der Waals surface area contributed by atoms with Gasteiger partial charge in [0, 0.05) is 6.42 Å². The number of thioether (sulfide) groups is 1. The van der Waals surface area contributed by atoms with E-state index in [1.165, 1.54) is 16.4 Å². The molecule has 1 aromatic carbocycles. The minimum absolute atomic E-state index is 0.0486. The second kappa shape index (κ2) is 9.40. The van der Waals surface area contributed by atoms with Crippen LogP contribution in [-0.2, 0) is 16.0 Å². The Hall–Kier alpha value is -2.39. The van der Waals surface area contributed by atoms with E-state index in [-0.39, 0.29) is 29.1 Å². The maximum absolute atomic E-state index is 13.3. The van der Waals surface area contributed by atoms with Gasteiger partial charge in [0.1, 0.15) is 11.0 Å². The lowest BCUT2D eigenvalue weighted by molar-refractivity contribution is -0.149. The first kappa shape index (κ1) is 21.8. The molecule has 0 aliphatic carbocycles. The zero-order chi connectivity index (χ0) is 22.0. The second-order valence-corrected chi connectivity index (χ2v) is 8.85. The fraction of sp³-hybridized carbons (Fsp3) is 0.545. The van der Waals surface area contributed by atoms with Crippen molar-refractivity contribution in [1.29, 1.82) is 0 Å². The fourth-order valence-electron chi connectivity index (χ4n) is 4.27. The number of hydrogen-bond acceptors (Lipinski definition) is 8. The highest BCUT2D eigenvalue weighted by Crippen LogP contribution is 2.42. The number of fused-ring (bicyclic) bond motifs is 1. The van der Waals surface area contributed by atoms with Crippen molar-refractivity contribution in [1.82, 2.24) is 19.7 Å². The molecule has 31 heavy (non-hydrogen) atoms. The summed E-state index contributed by atoms with van der Waals surface area (Å²) in [5.74, 6) is 1.18. The largest absolute Gasteiger partial charge is 0.497 e. The number of aromatic nitrogens is 3. The third-order valence-electron chi connectivity index (χ3n) is 5.89. The summed E-state index contributed by atoms with van der Waals surface area (Å²) in [6.07, 6.45) is 2.13. The van der Waals surface area contributed by atoms with Crippen molar-refractivity contribution in [2.24, 2.45) is 5.92 Å². The molecule has 2 aliphatic rings. The van der Waals surface area contributed by atoms with Gasteiger partial charge in [0.25, 0.3) is 5.91 Å². The van der Waals surface area contributed by atoms with Crippen LogP contribution in [0.4, 0.5) is 0 Å². The lowest BCUT2D eigenvalue weighted by Gasteiger charge is -2.38. The number of rotatable bonds is 7. The number of esters is 1. The molecule has 0 bridgehead atoms. The normalized spacial score (nSPS) is 20.5. The van der Waals surface area contributed by atoms with E-state index < -0.39 is 0 Å². The monoisotopic (exact) mass is 444 g/mol. The maximum Gasteiger partial charge on any atom is 0.309 e. The Labute approximate surface area is 186 Å². The summed E-state index contributed by atoms with van der Waals surface area (Å²) in [5.41, 5.74) is 1.02. The summed E-state index contributed by atoms with van der Waals surface area (Å²) in [6.45, 7) is 5.63. The molecule has 8 nitrogen and oxygen atoms in total. The van der Waals surface area contributed by atoms with E-state index >= 15 is 0 Å². The summed E-state index contributed by atoms with van der Waals surface area (Å²) < 4.78 is 12.1. The van der Waals surface area contributed by atoms with Crippen LogP contribution in [0.5, 0.6) is 5.75 Å². The minimum atomic E-state index is -0.354. The van der Waals surface area contributed by atoms with Crippen LogP contribution < -0.4 is 4.74 Å². The van der Waals surface area contributed by atoms with Crippen LogP contribution in [0.15, 0.2) is 29.4 Å². The summed E-state index contributed by atoms with van der Waals surface area (Å²) in [5, 5.41) is 4.68. The van der Waals surface area contributed by atoms with Crippen molar-refractivity contribution >= 4 is 23.6 Å². The molecule has 1 aromatic heterocycles. The predicted molar refractivity (Wildman–Crippen MR) is 116 cm³/mol. The van der Waals surface area contributed by atoms with Crippen LogP contribution >= 0.6 is 11.8 Å². The predicted octanol–water partition coefficient (Wildman–Crippen LogP) is 2.98. The van der Waals surface area contributed by atoms with E-state index in [1.54, 1.807) is 7.11 Å². The minimum Gasteiger partial charge on any atom is -0.497 e. The van der Waals surface area contributed by atoms with Crippen molar-refractivity contribution in [3.05, 3.63) is 35.7 Å². The first-order chi connectivity index (χ1) is 15.0. The van der Waals surface area contributed by atoms with Gasteiger partial charge in [0.2, 0.25) is 0 Å². The van der Waals surface area contributed by atoms with Crippen molar-refractivity contribution in [3.63, 3.8) is 0 Å². The highest BCUT2D eigenvalue weighted by molar-refractivity contribution is 8.00. The van der Waals surface area contributed by atoms with Crippen molar-refractivity contribution in [2.75, 3.05) is 26.8 Å². The van der Waals surface area contributed by atoms with Gasteiger partial charge in [0.15, 0.2) is 11.0 Å². The van der Waals surface area contributed by atoms with Gasteiger partial charge in [-0.3, -0.25) is 14.5 Å². The van der Waals surface area contributed by atoms with Crippen LogP contribution in [-0.4, -0.2) is 63.6 Å². The van der Waals surface area contributed by atoms with Gasteiger partial charge in [-0.25, -0.2) is 4.98 Å². The van der Waals surface area contributed by atoms with Gasteiger partial charge < -0.3 is 9.47 Å². The maximum atomic E-state index is 13.3. The van der Waals surface area contributed by atoms with Gasteiger partial charge in [-0.15, -0.1) is 5.10 Å².